The van der Waals surface area contributed by atoms with Crippen molar-refractivity contribution in [2.24, 2.45) is 5.41 Å². The number of anilines is 1. The maximum atomic E-state index is 12.8. The summed E-state index contributed by atoms with van der Waals surface area (Å²) in [5, 5.41) is 3.27. The number of hydrogen-bond acceptors (Lipinski definition) is 3. The Bertz CT molecular complexity index is 553. The second kappa shape index (κ2) is 4.98. The minimum Gasteiger partial charge on any atom is -0.316 e. The molecule has 1 unspecified atom stereocenters. The van der Waals surface area contributed by atoms with Crippen molar-refractivity contribution in [1.82, 2.24) is 10.3 Å². The lowest BCUT2D eigenvalue weighted by molar-refractivity contribution is -0.137. The number of alkyl halides is 3. The van der Waals surface area contributed by atoms with Gasteiger partial charge in [-0.2, -0.15) is 13.2 Å². The van der Waals surface area contributed by atoms with E-state index in [-0.39, 0.29) is 17.0 Å². The average Bonchev–Trinajstić information content (AvgIpc) is 2.90. The quantitative estimate of drug-likeness (QED) is 0.865. The summed E-state index contributed by atoms with van der Waals surface area (Å²) in [6.07, 6.45) is -0.226. The lowest BCUT2D eigenvalue weighted by Gasteiger charge is -2.39. The number of piperidine rings is 1. The fourth-order valence-electron chi connectivity index (χ4n) is 3.12. The summed E-state index contributed by atoms with van der Waals surface area (Å²) in [4.78, 5) is 17.2. The van der Waals surface area contributed by atoms with E-state index in [1.165, 1.54) is 11.1 Å². The molecule has 21 heavy (non-hydrogen) atoms. The van der Waals surface area contributed by atoms with E-state index < -0.39 is 11.7 Å². The fraction of sp³-hybridized carbons (Fsp3) is 0.571. The Hall–Kier alpha value is -1.63. The van der Waals surface area contributed by atoms with Gasteiger partial charge in [-0.1, -0.05) is 0 Å². The van der Waals surface area contributed by atoms with Gasteiger partial charge in [-0.05, 0) is 25.5 Å². The molecule has 1 aromatic rings. The van der Waals surface area contributed by atoms with Gasteiger partial charge in [0.2, 0.25) is 5.91 Å². The molecule has 2 aliphatic rings. The smallest absolute Gasteiger partial charge is 0.316 e. The molecule has 0 saturated carbocycles. The van der Waals surface area contributed by atoms with Crippen LogP contribution in [0.5, 0.6) is 0 Å². The predicted molar refractivity (Wildman–Crippen MR) is 70.7 cm³/mol. The summed E-state index contributed by atoms with van der Waals surface area (Å²) in [5.41, 5.74) is -0.597. The molecule has 7 heteroatoms. The van der Waals surface area contributed by atoms with Crippen molar-refractivity contribution in [2.45, 2.75) is 25.4 Å². The zero-order valence-electron chi connectivity index (χ0n) is 11.4. The van der Waals surface area contributed by atoms with E-state index in [2.05, 4.69) is 10.3 Å². The zero-order chi connectivity index (χ0) is 15.1. The maximum Gasteiger partial charge on any atom is 0.417 e. The highest BCUT2D eigenvalue weighted by molar-refractivity contribution is 5.94. The molecule has 0 aliphatic carbocycles. The average molecular weight is 299 g/mol. The third-order valence-electron chi connectivity index (χ3n) is 4.36. The van der Waals surface area contributed by atoms with Crippen LogP contribution < -0.4 is 10.2 Å². The highest BCUT2D eigenvalue weighted by atomic mass is 19.4. The number of carbonyl (C=O) groups is 1. The van der Waals surface area contributed by atoms with E-state index in [9.17, 15) is 18.0 Å². The lowest BCUT2D eigenvalue weighted by atomic mass is 9.79. The van der Waals surface area contributed by atoms with Gasteiger partial charge in [0.1, 0.15) is 0 Å². The largest absolute Gasteiger partial charge is 0.417 e. The van der Waals surface area contributed by atoms with Crippen LogP contribution in [-0.2, 0) is 11.0 Å². The van der Waals surface area contributed by atoms with Gasteiger partial charge >= 0.3 is 6.18 Å². The molecule has 2 aliphatic heterocycles. The van der Waals surface area contributed by atoms with E-state index >= 15 is 0 Å². The number of hydrogen-bond donors (Lipinski definition) is 1. The van der Waals surface area contributed by atoms with Gasteiger partial charge in [0.25, 0.3) is 0 Å². The molecular formula is C14H16F3N3O. The van der Waals surface area contributed by atoms with E-state index in [1.807, 2.05) is 0 Å². The number of amides is 1. The number of halogens is 3. The van der Waals surface area contributed by atoms with E-state index in [0.717, 1.165) is 38.2 Å². The van der Waals surface area contributed by atoms with Crippen molar-refractivity contribution >= 4 is 11.6 Å². The highest BCUT2D eigenvalue weighted by Crippen LogP contribution is 2.38. The second-order valence-electron chi connectivity index (χ2n) is 5.84. The number of aromatic nitrogens is 1. The third-order valence-corrected chi connectivity index (χ3v) is 4.36. The first kappa shape index (κ1) is 14.3. The highest BCUT2D eigenvalue weighted by Gasteiger charge is 2.41. The first-order valence-electron chi connectivity index (χ1n) is 6.93. The molecule has 1 spiro atoms. The fourth-order valence-corrected chi connectivity index (χ4v) is 3.12. The number of carbonyl (C=O) groups excluding carboxylic acids is 1. The molecule has 114 valence electrons. The van der Waals surface area contributed by atoms with Crippen molar-refractivity contribution in [3.05, 3.63) is 24.0 Å². The SMILES string of the molecule is O=C1CCC2(CCNC2)CN1c1cncc(C(F)(F)F)c1. The maximum absolute atomic E-state index is 12.8. The molecule has 1 N–H and O–H groups in total. The summed E-state index contributed by atoms with van der Waals surface area (Å²) >= 11 is 0. The predicted octanol–water partition coefficient (Wildman–Crippen LogP) is 2.21. The van der Waals surface area contributed by atoms with E-state index in [1.54, 1.807) is 0 Å². The molecule has 2 saturated heterocycles. The molecule has 1 atom stereocenters. The minimum atomic E-state index is -4.45. The molecule has 3 rings (SSSR count). The first-order chi connectivity index (χ1) is 9.90. The first-order valence-corrected chi connectivity index (χ1v) is 6.93. The normalized spacial score (nSPS) is 26.6. The number of nitrogens with zero attached hydrogens (tertiary/aromatic N) is 2. The van der Waals surface area contributed by atoms with Crippen molar-refractivity contribution in [2.75, 3.05) is 24.5 Å². The second-order valence-corrected chi connectivity index (χ2v) is 5.84. The Kier molecular flexibility index (Phi) is 3.39. The molecule has 0 aromatic carbocycles. The van der Waals surface area contributed by atoms with Gasteiger partial charge in [-0.25, -0.2) is 0 Å². The monoisotopic (exact) mass is 299 g/mol. The molecule has 0 radical (unpaired) electrons. The molecular weight excluding hydrogens is 283 g/mol. The standard InChI is InChI=1S/C14H16F3N3O/c15-14(16,17)10-5-11(7-19-6-10)20-9-13(2-1-12(20)21)3-4-18-8-13/h5-7,18H,1-4,8-9H2. The van der Waals surface area contributed by atoms with E-state index in [4.69, 9.17) is 0 Å². The molecule has 3 heterocycles. The minimum absolute atomic E-state index is 0.0118. The van der Waals surface area contributed by atoms with Crippen LogP contribution in [0.15, 0.2) is 18.5 Å². The van der Waals surface area contributed by atoms with Crippen molar-refractivity contribution in [1.29, 1.82) is 0 Å². The van der Waals surface area contributed by atoms with Gasteiger partial charge in [-0.3, -0.25) is 9.78 Å². The van der Waals surface area contributed by atoms with Crippen molar-refractivity contribution in [3.8, 4) is 0 Å². The van der Waals surface area contributed by atoms with Gasteiger partial charge in [0, 0.05) is 31.1 Å². The van der Waals surface area contributed by atoms with Crippen LogP contribution >= 0.6 is 0 Å². The zero-order valence-corrected chi connectivity index (χ0v) is 11.4. The van der Waals surface area contributed by atoms with Crippen LogP contribution in [0, 0.1) is 5.41 Å². The van der Waals surface area contributed by atoms with Gasteiger partial charge in [-0.15, -0.1) is 0 Å². The summed E-state index contributed by atoms with van der Waals surface area (Å²) < 4.78 is 38.3. The van der Waals surface area contributed by atoms with Crippen LogP contribution in [0.25, 0.3) is 0 Å². The number of nitrogens with one attached hydrogen (secondary N) is 1. The van der Waals surface area contributed by atoms with Gasteiger partial charge < -0.3 is 10.2 Å². The molecule has 1 aromatic heterocycles. The van der Waals surface area contributed by atoms with Crippen LogP contribution in [0.3, 0.4) is 0 Å². The summed E-state index contributed by atoms with van der Waals surface area (Å²) in [6, 6.07) is 1.01. The Labute approximate surface area is 120 Å². The molecule has 4 nitrogen and oxygen atoms in total. The topological polar surface area (TPSA) is 45.2 Å². The Balaban J connectivity index is 1.89. The van der Waals surface area contributed by atoms with E-state index in [0.29, 0.717) is 13.0 Å². The molecule has 0 bridgehead atoms. The summed E-state index contributed by atoms with van der Waals surface area (Å²) in [6.45, 7) is 2.16. The van der Waals surface area contributed by atoms with Crippen LogP contribution in [0.1, 0.15) is 24.8 Å². The lowest BCUT2D eigenvalue weighted by Crippen LogP contribution is -2.47. The third kappa shape index (κ3) is 2.74. The van der Waals surface area contributed by atoms with Gasteiger partial charge in [0.05, 0.1) is 17.4 Å². The summed E-state index contributed by atoms with van der Waals surface area (Å²) in [5.74, 6) is -0.131. The number of pyridine rings is 1. The van der Waals surface area contributed by atoms with Crippen molar-refractivity contribution in [3.63, 3.8) is 0 Å². The Morgan fingerprint density at radius 3 is 2.76 bits per heavy atom. The molecule has 1 amide bonds. The Morgan fingerprint density at radius 2 is 2.10 bits per heavy atom. The van der Waals surface area contributed by atoms with Gasteiger partial charge in [0.15, 0.2) is 0 Å². The molecule has 2 fully saturated rings. The van der Waals surface area contributed by atoms with Crippen LogP contribution in [0.4, 0.5) is 18.9 Å². The summed E-state index contributed by atoms with van der Waals surface area (Å²) in [7, 11) is 0. The Morgan fingerprint density at radius 1 is 1.29 bits per heavy atom. The van der Waals surface area contributed by atoms with Crippen LogP contribution in [0.2, 0.25) is 0 Å². The number of rotatable bonds is 1. The van der Waals surface area contributed by atoms with Crippen molar-refractivity contribution < 1.29 is 18.0 Å². The van der Waals surface area contributed by atoms with Crippen LogP contribution in [-0.4, -0.2) is 30.5 Å².